The van der Waals surface area contributed by atoms with Crippen LogP contribution >= 0.6 is 11.3 Å². The van der Waals surface area contributed by atoms with Crippen molar-refractivity contribution in [3.8, 4) is 6.07 Å². The summed E-state index contributed by atoms with van der Waals surface area (Å²) >= 11 is 1.85. The minimum Gasteiger partial charge on any atom is -0.313 e. The van der Waals surface area contributed by atoms with Crippen molar-refractivity contribution >= 4 is 11.3 Å². The lowest BCUT2D eigenvalue weighted by molar-refractivity contribution is 0.511. The van der Waals surface area contributed by atoms with Crippen molar-refractivity contribution in [3.05, 3.63) is 21.9 Å². The van der Waals surface area contributed by atoms with E-state index in [1.807, 2.05) is 18.3 Å². The lowest BCUT2D eigenvalue weighted by atomic mass is 10.1. The van der Waals surface area contributed by atoms with E-state index in [2.05, 4.69) is 37.4 Å². The van der Waals surface area contributed by atoms with Crippen molar-refractivity contribution in [1.29, 1.82) is 5.26 Å². The van der Waals surface area contributed by atoms with Gasteiger partial charge in [0.1, 0.15) is 0 Å². The van der Waals surface area contributed by atoms with Crippen molar-refractivity contribution in [1.82, 2.24) is 5.32 Å². The quantitative estimate of drug-likeness (QED) is 0.831. The van der Waals surface area contributed by atoms with E-state index >= 15 is 0 Å². The maximum atomic E-state index is 8.65. The molecule has 0 aliphatic carbocycles. The van der Waals surface area contributed by atoms with Crippen LogP contribution in [-0.4, -0.2) is 12.6 Å². The summed E-state index contributed by atoms with van der Waals surface area (Å²) in [5.41, 5.74) is 0. The van der Waals surface area contributed by atoms with Crippen LogP contribution in [0, 0.1) is 24.2 Å². The maximum Gasteiger partial charge on any atom is 0.0666 e. The van der Waals surface area contributed by atoms with Crippen molar-refractivity contribution in [3.63, 3.8) is 0 Å². The molecule has 0 aliphatic heterocycles. The second-order valence-electron chi connectivity index (χ2n) is 4.06. The highest BCUT2D eigenvalue weighted by Crippen LogP contribution is 2.16. The second-order valence-corrected chi connectivity index (χ2v) is 5.43. The zero-order valence-corrected chi connectivity index (χ0v) is 10.4. The predicted molar refractivity (Wildman–Crippen MR) is 65.0 cm³/mol. The van der Waals surface area contributed by atoms with Crippen LogP contribution in [0.15, 0.2) is 12.1 Å². The second kappa shape index (κ2) is 5.89. The molecule has 2 atom stereocenters. The van der Waals surface area contributed by atoms with E-state index in [0.29, 0.717) is 6.04 Å². The Hall–Kier alpha value is -0.850. The van der Waals surface area contributed by atoms with E-state index in [0.717, 1.165) is 13.0 Å². The van der Waals surface area contributed by atoms with Crippen LogP contribution in [0.1, 0.15) is 23.6 Å². The Balaban J connectivity index is 2.30. The van der Waals surface area contributed by atoms with Crippen molar-refractivity contribution < 1.29 is 0 Å². The van der Waals surface area contributed by atoms with Gasteiger partial charge in [0.2, 0.25) is 0 Å². The number of thiophene rings is 1. The predicted octanol–water partition coefficient (Wildman–Crippen LogP) is 2.74. The third-order valence-corrected chi connectivity index (χ3v) is 3.32. The van der Waals surface area contributed by atoms with Crippen LogP contribution in [0.4, 0.5) is 0 Å². The zero-order chi connectivity index (χ0) is 11.3. The number of aryl methyl sites for hydroxylation is 1. The Kier molecular flexibility index (Phi) is 4.80. The summed E-state index contributed by atoms with van der Waals surface area (Å²) in [6, 6.07) is 7.02. The molecule has 1 N–H and O–H groups in total. The number of rotatable bonds is 5. The molecular formula is C12H18N2S. The van der Waals surface area contributed by atoms with E-state index < -0.39 is 0 Å². The molecule has 82 valence electrons. The van der Waals surface area contributed by atoms with Gasteiger partial charge in [-0.3, -0.25) is 0 Å². The minimum absolute atomic E-state index is 0.0949. The van der Waals surface area contributed by atoms with E-state index in [4.69, 9.17) is 5.26 Å². The van der Waals surface area contributed by atoms with Gasteiger partial charge in [0.15, 0.2) is 0 Å². The van der Waals surface area contributed by atoms with Crippen LogP contribution in [0.2, 0.25) is 0 Å². The largest absolute Gasteiger partial charge is 0.313 e. The molecule has 0 fully saturated rings. The van der Waals surface area contributed by atoms with Crippen LogP contribution in [-0.2, 0) is 6.42 Å². The lowest BCUT2D eigenvalue weighted by Crippen LogP contribution is -2.31. The van der Waals surface area contributed by atoms with Gasteiger partial charge in [-0.05, 0) is 39.3 Å². The Morgan fingerprint density at radius 1 is 1.47 bits per heavy atom. The van der Waals surface area contributed by atoms with Gasteiger partial charge < -0.3 is 5.32 Å². The smallest absolute Gasteiger partial charge is 0.0666 e. The first kappa shape index (κ1) is 12.2. The van der Waals surface area contributed by atoms with Gasteiger partial charge in [-0.15, -0.1) is 11.3 Å². The van der Waals surface area contributed by atoms with Gasteiger partial charge in [-0.1, -0.05) is 0 Å². The molecule has 0 aromatic carbocycles. The molecule has 0 saturated carbocycles. The number of hydrogen-bond donors (Lipinski definition) is 1. The molecule has 0 bridgehead atoms. The highest BCUT2D eigenvalue weighted by molar-refractivity contribution is 7.11. The molecule has 15 heavy (non-hydrogen) atoms. The van der Waals surface area contributed by atoms with Crippen LogP contribution in [0.5, 0.6) is 0 Å². The monoisotopic (exact) mass is 222 g/mol. The van der Waals surface area contributed by atoms with Crippen LogP contribution in [0.25, 0.3) is 0 Å². The first-order valence-corrected chi connectivity index (χ1v) is 6.11. The average Bonchev–Trinajstić information content (AvgIpc) is 2.60. The molecule has 0 radical (unpaired) electrons. The van der Waals surface area contributed by atoms with Gasteiger partial charge in [0.25, 0.3) is 0 Å². The Bertz CT molecular complexity index is 338. The summed E-state index contributed by atoms with van der Waals surface area (Å²) in [4.78, 5) is 2.78. The number of nitrogens with zero attached hydrogens (tertiary/aromatic N) is 1. The Morgan fingerprint density at radius 3 is 2.73 bits per heavy atom. The molecule has 1 aromatic heterocycles. The van der Waals surface area contributed by atoms with Crippen LogP contribution < -0.4 is 5.32 Å². The first-order chi connectivity index (χ1) is 7.11. The molecule has 1 rings (SSSR count). The third kappa shape index (κ3) is 4.46. The zero-order valence-electron chi connectivity index (χ0n) is 9.58. The summed E-state index contributed by atoms with van der Waals surface area (Å²) < 4.78 is 0. The molecule has 1 heterocycles. The molecule has 0 spiro atoms. The standard InChI is InChI=1S/C12H18N2S/c1-9(7-13)8-14-10(2)6-12-5-4-11(3)15-12/h4-5,9-10,14H,6,8H2,1-3H3. The molecule has 3 heteroatoms. The normalized spacial score (nSPS) is 14.5. The fraction of sp³-hybridized carbons (Fsp3) is 0.583. The van der Waals surface area contributed by atoms with Crippen LogP contribution in [0.3, 0.4) is 0 Å². The molecular weight excluding hydrogens is 204 g/mol. The first-order valence-electron chi connectivity index (χ1n) is 5.30. The third-order valence-electron chi connectivity index (χ3n) is 2.30. The lowest BCUT2D eigenvalue weighted by Gasteiger charge is -2.13. The average molecular weight is 222 g/mol. The summed E-state index contributed by atoms with van der Waals surface area (Å²) in [6.07, 6.45) is 1.05. The van der Waals surface area contributed by atoms with Gasteiger partial charge >= 0.3 is 0 Å². The summed E-state index contributed by atoms with van der Waals surface area (Å²) in [5, 5.41) is 12.0. The van der Waals surface area contributed by atoms with Crippen molar-refractivity contribution in [2.75, 3.05) is 6.54 Å². The van der Waals surface area contributed by atoms with E-state index in [1.165, 1.54) is 9.75 Å². The minimum atomic E-state index is 0.0949. The van der Waals surface area contributed by atoms with Crippen molar-refractivity contribution in [2.24, 2.45) is 5.92 Å². The van der Waals surface area contributed by atoms with Gasteiger partial charge in [-0.2, -0.15) is 5.26 Å². The van der Waals surface area contributed by atoms with Gasteiger partial charge in [0, 0.05) is 22.3 Å². The summed E-state index contributed by atoms with van der Waals surface area (Å²) in [7, 11) is 0. The molecule has 2 unspecified atom stereocenters. The number of hydrogen-bond acceptors (Lipinski definition) is 3. The fourth-order valence-electron chi connectivity index (χ4n) is 1.39. The summed E-state index contributed by atoms with van der Waals surface area (Å²) in [5.74, 6) is 0.0949. The van der Waals surface area contributed by atoms with Gasteiger partial charge in [-0.25, -0.2) is 0 Å². The SMILES string of the molecule is Cc1ccc(CC(C)NCC(C)C#N)s1. The highest BCUT2D eigenvalue weighted by Gasteiger charge is 2.06. The Labute approximate surface area is 95.9 Å². The molecule has 2 nitrogen and oxygen atoms in total. The maximum absolute atomic E-state index is 8.65. The molecule has 0 saturated heterocycles. The highest BCUT2D eigenvalue weighted by atomic mass is 32.1. The number of nitriles is 1. The fourth-order valence-corrected chi connectivity index (χ4v) is 2.41. The van der Waals surface area contributed by atoms with Crippen molar-refractivity contribution in [2.45, 2.75) is 33.2 Å². The topological polar surface area (TPSA) is 35.8 Å². The number of nitrogens with one attached hydrogen (secondary N) is 1. The Morgan fingerprint density at radius 2 is 2.20 bits per heavy atom. The van der Waals surface area contributed by atoms with E-state index in [9.17, 15) is 0 Å². The molecule has 0 amide bonds. The van der Waals surface area contributed by atoms with E-state index in [1.54, 1.807) is 0 Å². The molecule has 1 aromatic rings. The van der Waals surface area contributed by atoms with E-state index in [-0.39, 0.29) is 5.92 Å². The van der Waals surface area contributed by atoms with Gasteiger partial charge in [0.05, 0.1) is 12.0 Å². The summed E-state index contributed by atoms with van der Waals surface area (Å²) in [6.45, 7) is 7.01. The molecule has 0 aliphatic rings.